The van der Waals surface area contributed by atoms with E-state index in [1.807, 2.05) is 6.07 Å². The van der Waals surface area contributed by atoms with Gasteiger partial charge in [-0.2, -0.15) is 0 Å². The van der Waals surface area contributed by atoms with Crippen LogP contribution in [0.3, 0.4) is 0 Å². The maximum Gasteiger partial charge on any atom is 0.145 e. The van der Waals surface area contributed by atoms with Gasteiger partial charge in [0.25, 0.3) is 0 Å². The van der Waals surface area contributed by atoms with Crippen molar-refractivity contribution in [3.8, 4) is 0 Å². The standard InChI is InChI=1S/C14H25N5/c1-9(2)13-17-11(7-12(18-13)19-15)16-8-14(5-6-14)10(3)4/h7,9-10H,5-6,8,15H2,1-4H3,(H2,16,17,18,19). The molecule has 0 aliphatic heterocycles. The summed E-state index contributed by atoms with van der Waals surface area (Å²) in [4.78, 5) is 8.91. The molecule has 19 heavy (non-hydrogen) atoms. The van der Waals surface area contributed by atoms with Gasteiger partial charge in [-0.25, -0.2) is 15.8 Å². The van der Waals surface area contributed by atoms with Crippen molar-refractivity contribution in [1.29, 1.82) is 0 Å². The highest BCUT2D eigenvalue weighted by atomic mass is 15.3. The predicted molar refractivity (Wildman–Crippen MR) is 78.9 cm³/mol. The Labute approximate surface area is 115 Å². The zero-order chi connectivity index (χ0) is 14.0. The molecule has 0 unspecified atom stereocenters. The molecule has 4 N–H and O–H groups in total. The van der Waals surface area contributed by atoms with E-state index < -0.39 is 0 Å². The Morgan fingerprint density at radius 2 is 1.84 bits per heavy atom. The van der Waals surface area contributed by atoms with Crippen molar-refractivity contribution in [1.82, 2.24) is 9.97 Å². The van der Waals surface area contributed by atoms with Crippen LogP contribution >= 0.6 is 0 Å². The van der Waals surface area contributed by atoms with Gasteiger partial charge in [-0.1, -0.05) is 27.7 Å². The number of hydrogen-bond acceptors (Lipinski definition) is 5. The molecule has 1 fully saturated rings. The summed E-state index contributed by atoms with van der Waals surface area (Å²) in [6.45, 7) is 9.72. The zero-order valence-electron chi connectivity index (χ0n) is 12.3. The number of hydrazine groups is 1. The fourth-order valence-electron chi connectivity index (χ4n) is 2.27. The van der Waals surface area contributed by atoms with E-state index >= 15 is 0 Å². The summed E-state index contributed by atoms with van der Waals surface area (Å²) in [7, 11) is 0. The van der Waals surface area contributed by atoms with E-state index in [0.717, 1.165) is 18.2 Å². The number of hydrogen-bond donors (Lipinski definition) is 3. The van der Waals surface area contributed by atoms with E-state index in [1.54, 1.807) is 0 Å². The van der Waals surface area contributed by atoms with Gasteiger partial charge in [0.2, 0.25) is 0 Å². The first kappa shape index (κ1) is 14.1. The monoisotopic (exact) mass is 263 g/mol. The maximum absolute atomic E-state index is 5.46. The topological polar surface area (TPSA) is 75.9 Å². The molecular formula is C14H25N5. The summed E-state index contributed by atoms with van der Waals surface area (Å²) in [5.41, 5.74) is 3.06. The molecule has 1 saturated carbocycles. The van der Waals surface area contributed by atoms with Gasteiger partial charge in [0.15, 0.2) is 0 Å². The second-order valence-electron chi connectivity index (χ2n) is 6.17. The zero-order valence-corrected chi connectivity index (χ0v) is 12.3. The van der Waals surface area contributed by atoms with Crippen LogP contribution in [0.5, 0.6) is 0 Å². The summed E-state index contributed by atoms with van der Waals surface area (Å²) < 4.78 is 0. The minimum atomic E-state index is 0.286. The van der Waals surface area contributed by atoms with Crippen molar-refractivity contribution in [2.45, 2.75) is 46.5 Å². The van der Waals surface area contributed by atoms with Crippen LogP contribution in [0.2, 0.25) is 0 Å². The number of nitrogen functional groups attached to an aromatic ring is 1. The first-order chi connectivity index (χ1) is 8.97. The van der Waals surface area contributed by atoms with Crippen molar-refractivity contribution in [2.75, 3.05) is 17.3 Å². The van der Waals surface area contributed by atoms with Crippen LogP contribution in [0.1, 0.15) is 52.3 Å². The molecule has 5 heteroatoms. The smallest absolute Gasteiger partial charge is 0.145 e. The highest BCUT2D eigenvalue weighted by molar-refractivity contribution is 5.47. The van der Waals surface area contributed by atoms with E-state index in [2.05, 4.69) is 48.4 Å². The SMILES string of the molecule is CC(C)c1nc(NN)cc(NCC2(C(C)C)CC2)n1. The van der Waals surface area contributed by atoms with E-state index in [4.69, 9.17) is 5.84 Å². The quantitative estimate of drug-likeness (QED) is 0.543. The van der Waals surface area contributed by atoms with Crippen LogP contribution < -0.4 is 16.6 Å². The van der Waals surface area contributed by atoms with Crippen LogP contribution in [0.15, 0.2) is 6.07 Å². The lowest BCUT2D eigenvalue weighted by Gasteiger charge is -2.21. The lowest BCUT2D eigenvalue weighted by molar-refractivity contribution is 0.380. The third-order valence-corrected chi connectivity index (χ3v) is 4.15. The van der Waals surface area contributed by atoms with Gasteiger partial charge in [0.1, 0.15) is 17.5 Å². The average molecular weight is 263 g/mol. The van der Waals surface area contributed by atoms with Gasteiger partial charge in [-0.05, 0) is 24.2 Å². The normalized spacial score (nSPS) is 16.8. The second-order valence-corrected chi connectivity index (χ2v) is 6.17. The van der Waals surface area contributed by atoms with Crippen LogP contribution in [0.25, 0.3) is 0 Å². The Balaban J connectivity index is 2.09. The molecular weight excluding hydrogens is 238 g/mol. The molecule has 1 aromatic rings. The molecule has 0 spiro atoms. The Bertz CT molecular complexity index is 437. The fraction of sp³-hybridized carbons (Fsp3) is 0.714. The minimum Gasteiger partial charge on any atom is -0.369 e. The molecule has 2 rings (SSSR count). The number of aromatic nitrogens is 2. The minimum absolute atomic E-state index is 0.286. The van der Waals surface area contributed by atoms with Gasteiger partial charge in [0, 0.05) is 18.5 Å². The van der Waals surface area contributed by atoms with Crippen LogP contribution in [-0.4, -0.2) is 16.5 Å². The third kappa shape index (κ3) is 3.15. The lowest BCUT2D eigenvalue weighted by atomic mass is 9.92. The van der Waals surface area contributed by atoms with Crippen molar-refractivity contribution in [3.05, 3.63) is 11.9 Å². The molecule has 106 valence electrons. The molecule has 0 aromatic carbocycles. The predicted octanol–water partition coefficient (Wildman–Crippen LogP) is 2.73. The summed E-state index contributed by atoms with van der Waals surface area (Å²) in [6.07, 6.45) is 2.61. The van der Waals surface area contributed by atoms with Crippen molar-refractivity contribution in [2.24, 2.45) is 17.2 Å². The van der Waals surface area contributed by atoms with Gasteiger partial charge in [-0.3, -0.25) is 0 Å². The lowest BCUT2D eigenvalue weighted by Crippen LogP contribution is -2.22. The van der Waals surface area contributed by atoms with Crippen molar-refractivity contribution in [3.63, 3.8) is 0 Å². The summed E-state index contributed by atoms with van der Waals surface area (Å²) in [6, 6.07) is 1.86. The summed E-state index contributed by atoms with van der Waals surface area (Å²) >= 11 is 0. The molecule has 1 aromatic heterocycles. The van der Waals surface area contributed by atoms with E-state index in [9.17, 15) is 0 Å². The Morgan fingerprint density at radius 1 is 1.21 bits per heavy atom. The van der Waals surface area contributed by atoms with Gasteiger partial charge >= 0.3 is 0 Å². The van der Waals surface area contributed by atoms with Gasteiger partial charge < -0.3 is 10.7 Å². The number of rotatable bonds is 6. The molecule has 0 amide bonds. The summed E-state index contributed by atoms with van der Waals surface area (Å²) in [5.74, 6) is 8.79. The number of nitrogens with one attached hydrogen (secondary N) is 2. The van der Waals surface area contributed by atoms with Crippen molar-refractivity contribution >= 4 is 11.6 Å². The molecule has 0 bridgehead atoms. The molecule has 1 aliphatic carbocycles. The fourth-order valence-corrected chi connectivity index (χ4v) is 2.27. The largest absolute Gasteiger partial charge is 0.369 e. The number of anilines is 2. The van der Waals surface area contributed by atoms with E-state index in [1.165, 1.54) is 12.8 Å². The molecule has 0 radical (unpaired) electrons. The molecule has 1 heterocycles. The average Bonchev–Trinajstić information content (AvgIpc) is 3.17. The van der Waals surface area contributed by atoms with Crippen LogP contribution in [0, 0.1) is 11.3 Å². The van der Waals surface area contributed by atoms with Crippen LogP contribution in [-0.2, 0) is 0 Å². The van der Waals surface area contributed by atoms with E-state index in [-0.39, 0.29) is 5.92 Å². The van der Waals surface area contributed by atoms with Gasteiger partial charge in [-0.15, -0.1) is 0 Å². The highest BCUT2D eigenvalue weighted by Crippen LogP contribution is 2.51. The van der Waals surface area contributed by atoms with Gasteiger partial charge in [0.05, 0.1) is 0 Å². The molecule has 0 saturated heterocycles. The Kier molecular flexibility index (Phi) is 3.94. The highest BCUT2D eigenvalue weighted by Gasteiger charge is 2.44. The number of nitrogens with two attached hydrogens (primary N) is 1. The molecule has 1 aliphatic rings. The van der Waals surface area contributed by atoms with Crippen molar-refractivity contribution < 1.29 is 0 Å². The van der Waals surface area contributed by atoms with E-state index in [0.29, 0.717) is 17.2 Å². The number of nitrogens with zero attached hydrogens (tertiary/aromatic N) is 2. The Morgan fingerprint density at radius 3 is 2.32 bits per heavy atom. The third-order valence-electron chi connectivity index (χ3n) is 4.15. The molecule has 0 atom stereocenters. The van der Waals surface area contributed by atoms with Crippen LogP contribution in [0.4, 0.5) is 11.6 Å². The first-order valence-corrected chi connectivity index (χ1v) is 7.06. The first-order valence-electron chi connectivity index (χ1n) is 7.06. The Hall–Kier alpha value is -1.36. The maximum atomic E-state index is 5.46. The molecule has 5 nitrogen and oxygen atoms in total. The summed E-state index contributed by atoms with van der Waals surface area (Å²) in [5, 5.41) is 3.45. The second kappa shape index (κ2) is 5.33.